The summed E-state index contributed by atoms with van der Waals surface area (Å²) in [7, 11) is 0. The molecule has 25 heavy (non-hydrogen) atoms. The molecule has 1 aromatic heterocycles. The second kappa shape index (κ2) is 7.42. The Bertz CT molecular complexity index is 927. The van der Waals surface area contributed by atoms with Crippen molar-refractivity contribution in [3.8, 4) is 11.1 Å². The molecule has 0 amide bonds. The van der Waals surface area contributed by atoms with E-state index in [1.165, 1.54) is 18.2 Å². The number of hydrogen-bond donors (Lipinski definition) is 1. The van der Waals surface area contributed by atoms with E-state index >= 15 is 0 Å². The molecule has 0 atom stereocenters. The van der Waals surface area contributed by atoms with Crippen LogP contribution in [0.15, 0.2) is 59.3 Å². The molecular formula is C20H20F2N2S. The minimum Gasteiger partial charge on any atom is -0.337 e. The first kappa shape index (κ1) is 17.7. The van der Waals surface area contributed by atoms with Gasteiger partial charge in [-0.3, -0.25) is 0 Å². The van der Waals surface area contributed by atoms with Gasteiger partial charge in [0.1, 0.15) is 11.6 Å². The van der Waals surface area contributed by atoms with Crippen molar-refractivity contribution in [1.29, 1.82) is 0 Å². The predicted molar refractivity (Wildman–Crippen MR) is 102 cm³/mol. The van der Waals surface area contributed by atoms with Crippen molar-refractivity contribution in [3.05, 3.63) is 65.9 Å². The molecule has 3 aromatic rings. The van der Waals surface area contributed by atoms with Gasteiger partial charge in [0, 0.05) is 33.6 Å². The van der Waals surface area contributed by atoms with Crippen molar-refractivity contribution in [2.45, 2.75) is 18.4 Å². The van der Waals surface area contributed by atoms with E-state index in [9.17, 15) is 8.78 Å². The molecule has 2 N–H and O–H groups in total. The molecule has 0 radical (unpaired) electrons. The molecule has 5 heteroatoms. The first-order chi connectivity index (χ1) is 12.0. The van der Waals surface area contributed by atoms with Crippen molar-refractivity contribution in [2.75, 3.05) is 12.8 Å². The van der Waals surface area contributed by atoms with Crippen LogP contribution in [0, 0.1) is 12.7 Å². The standard InChI is InChI=1S/C20H20F2N2S/c1-13-20(14-3-5-15(21)6-4-14)18-11-17(25-2)7-8-19(18)24(13)12-16(22)9-10-23/h3-9,11H,10,12,23H2,1-2H3/b16-9-. The molecule has 1 heterocycles. The van der Waals surface area contributed by atoms with Gasteiger partial charge in [-0.05, 0) is 55.2 Å². The normalized spacial score (nSPS) is 12.1. The highest BCUT2D eigenvalue weighted by molar-refractivity contribution is 7.98. The maximum Gasteiger partial charge on any atom is 0.123 e. The monoisotopic (exact) mass is 358 g/mol. The summed E-state index contributed by atoms with van der Waals surface area (Å²) < 4.78 is 29.4. The summed E-state index contributed by atoms with van der Waals surface area (Å²) in [4.78, 5) is 1.13. The maximum absolute atomic E-state index is 14.1. The van der Waals surface area contributed by atoms with Gasteiger partial charge in [0.05, 0.1) is 6.54 Å². The van der Waals surface area contributed by atoms with Crippen LogP contribution in [0.25, 0.3) is 22.0 Å². The fraction of sp³-hybridized carbons (Fsp3) is 0.200. The third kappa shape index (κ3) is 3.48. The highest BCUT2D eigenvalue weighted by atomic mass is 32.2. The molecule has 0 unspecified atom stereocenters. The molecule has 2 nitrogen and oxygen atoms in total. The van der Waals surface area contributed by atoms with E-state index in [1.54, 1.807) is 23.9 Å². The van der Waals surface area contributed by atoms with Gasteiger partial charge < -0.3 is 10.3 Å². The zero-order valence-electron chi connectivity index (χ0n) is 14.2. The molecule has 0 saturated carbocycles. The first-order valence-corrected chi connectivity index (χ1v) is 9.25. The summed E-state index contributed by atoms with van der Waals surface area (Å²) >= 11 is 1.66. The summed E-state index contributed by atoms with van der Waals surface area (Å²) in [6.45, 7) is 2.28. The van der Waals surface area contributed by atoms with Crippen LogP contribution >= 0.6 is 11.8 Å². The average Bonchev–Trinajstić information content (AvgIpc) is 2.87. The fourth-order valence-electron chi connectivity index (χ4n) is 3.12. The number of allylic oxidation sites excluding steroid dienone is 1. The zero-order chi connectivity index (χ0) is 18.0. The van der Waals surface area contributed by atoms with E-state index in [4.69, 9.17) is 5.73 Å². The Morgan fingerprint density at radius 1 is 1.20 bits per heavy atom. The molecule has 130 valence electrons. The van der Waals surface area contributed by atoms with Crippen LogP contribution in [0.1, 0.15) is 5.69 Å². The lowest BCUT2D eigenvalue weighted by atomic mass is 10.0. The third-order valence-corrected chi connectivity index (χ3v) is 5.04. The number of aromatic nitrogens is 1. The van der Waals surface area contributed by atoms with Crippen LogP contribution in [0.3, 0.4) is 0 Å². The van der Waals surface area contributed by atoms with Gasteiger partial charge in [0.25, 0.3) is 0 Å². The number of rotatable bonds is 5. The first-order valence-electron chi connectivity index (χ1n) is 8.02. The highest BCUT2D eigenvalue weighted by Gasteiger charge is 2.17. The van der Waals surface area contributed by atoms with Crippen LogP contribution in [0.5, 0.6) is 0 Å². The van der Waals surface area contributed by atoms with E-state index in [1.807, 2.05) is 29.9 Å². The zero-order valence-corrected chi connectivity index (χ0v) is 15.0. The number of benzene rings is 2. The second-order valence-electron chi connectivity index (χ2n) is 5.82. The van der Waals surface area contributed by atoms with Crippen LogP contribution in [-0.4, -0.2) is 17.4 Å². The fourth-order valence-corrected chi connectivity index (χ4v) is 3.56. The van der Waals surface area contributed by atoms with E-state index in [0.717, 1.165) is 32.6 Å². The molecule has 0 fully saturated rings. The number of fused-ring (bicyclic) bond motifs is 1. The average molecular weight is 358 g/mol. The Balaban J connectivity index is 2.25. The number of thioether (sulfide) groups is 1. The Hall–Kier alpha value is -2.11. The molecule has 0 aliphatic rings. The summed E-state index contributed by atoms with van der Waals surface area (Å²) in [5.74, 6) is -0.533. The van der Waals surface area contributed by atoms with Crippen molar-refractivity contribution < 1.29 is 8.78 Å². The van der Waals surface area contributed by atoms with Gasteiger partial charge in [0.15, 0.2) is 0 Å². The van der Waals surface area contributed by atoms with Gasteiger partial charge >= 0.3 is 0 Å². The number of hydrogen-bond acceptors (Lipinski definition) is 2. The molecule has 0 saturated heterocycles. The Morgan fingerprint density at radius 3 is 2.56 bits per heavy atom. The van der Waals surface area contributed by atoms with Crippen molar-refractivity contribution >= 4 is 22.7 Å². The molecular weight excluding hydrogens is 338 g/mol. The Morgan fingerprint density at radius 2 is 1.92 bits per heavy atom. The number of nitrogens with two attached hydrogens (primary N) is 1. The molecule has 0 aliphatic carbocycles. The summed E-state index contributed by atoms with van der Waals surface area (Å²) in [5.41, 5.74) is 9.24. The number of nitrogens with zero attached hydrogens (tertiary/aromatic N) is 1. The van der Waals surface area contributed by atoms with Gasteiger partial charge in [-0.25, -0.2) is 8.78 Å². The Kier molecular flexibility index (Phi) is 5.25. The van der Waals surface area contributed by atoms with Gasteiger partial charge in [0.2, 0.25) is 0 Å². The van der Waals surface area contributed by atoms with E-state index in [-0.39, 0.29) is 24.7 Å². The molecule has 3 rings (SSSR count). The van der Waals surface area contributed by atoms with Crippen molar-refractivity contribution in [1.82, 2.24) is 4.57 Å². The maximum atomic E-state index is 14.1. The topological polar surface area (TPSA) is 30.9 Å². The minimum atomic E-state index is -0.271. The predicted octanol–water partition coefficient (Wildman–Crippen LogP) is 5.29. The van der Waals surface area contributed by atoms with Crippen molar-refractivity contribution in [2.24, 2.45) is 5.73 Å². The van der Waals surface area contributed by atoms with Gasteiger partial charge in [-0.1, -0.05) is 12.1 Å². The number of halogens is 2. The molecule has 0 spiro atoms. The Labute approximate surface area is 150 Å². The lowest BCUT2D eigenvalue weighted by Gasteiger charge is -2.08. The van der Waals surface area contributed by atoms with Crippen LogP contribution in [-0.2, 0) is 6.54 Å². The van der Waals surface area contributed by atoms with Gasteiger partial charge in [-0.15, -0.1) is 11.8 Å². The molecule has 2 aromatic carbocycles. The lowest BCUT2D eigenvalue weighted by molar-refractivity contribution is 0.555. The lowest BCUT2D eigenvalue weighted by Crippen LogP contribution is -2.03. The SMILES string of the molecule is CSc1ccc2c(c1)c(-c1ccc(F)cc1)c(C)n2C/C(F)=C/CN. The van der Waals surface area contributed by atoms with E-state index in [0.29, 0.717) is 0 Å². The second-order valence-corrected chi connectivity index (χ2v) is 6.70. The smallest absolute Gasteiger partial charge is 0.123 e. The van der Waals surface area contributed by atoms with Crippen LogP contribution < -0.4 is 5.73 Å². The summed E-state index contributed by atoms with van der Waals surface area (Å²) in [6.07, 6.45) is 3.41. The van der Waals surface area contributed by atoms with Gasteiger partial charge in [-0.2, -0.15) is 0 Å². The summed E-state index contributed by atoms with van der Waals surface area (Å²) in [6, 6.07) is 12.6. The third-order valence-electron chi connectivity index (χ3n) is 4.31. The minimum absolute atomic E-state index is 0.138. The van der Waals surface area contributed by atoms with E-state index < -0.39 is 0 Å². The van der Waals surface area contributed by atoms with Crippen LogP contribution in [0.4, 0.5) is 8.78 Å². The largest absolute Gasteiger partial charge is 0.337 e. The quantitative estimate of drug-likeness (QED) is 0.628. The van der Waals surface area contributed by atoms with Crippen LogP contribution in [0.2, 0.25) is 0 Å². The van der Waals surface area contributed by atoms with E-state index in [2.05, 4.69) is 6.07 Å². The summed E-state index contributed by atoms with van der Waals surface area (Å²) in [5, 5.41) is 1.04. The van der Waals surface area contributed by atoms with Crippen molar-refractivity contribution in [3.63, 3.8) is 0 Å². The molecule has 0 bridgehead atoms. The highest BCUT2D eigenvalue weighted by Crippen LogP contribution is 2.37. The molecule has 0 aliphatic heterocycles.